The molecule has 0 saturated heterocycles. The fraction of sp³-hybridized carbons (Fsp3) is 0.211. The first-order valence-corrected chi connectivity index (χ1v) is 7.22. The normalized spacial score (nSPS) is 11.7. The Morgan fingerprint density at radius 2 is 1.76 bits per heavy atom. The third kappa shape index (κ3) is 3.40. The van der Waals surface area contributed by atoms with E-state index < -0.39 is 0 Å². The molecule has 0 heterocycles. The second-order valence-corrected chi connectivity index (χ2v) is 5.05. The fourth-order valence-corrected chi connectivity index (χ4v) is 2.42. The molecule has 0 N–H and O–H groups in total. The Bertz CT molecular complexity index is 601. The number of likely N-dealkylation sites (N-methyl/N-ethyl adjacent to an activating group) is 1. The number of hydrogen-bond donors (Lipinski definition) is 0. The average molecular weight is 279 g/mol. The summed E-state index contributed by atoms with van der Waals surface area (Å²) in [5, 5.41) is 0. The lowest BCUT2D eigenvalue weighted by molar-refractivity contribution is 0.0722. The maximum absolute atomic E-state index is 12.7. The van der Waals surface area contributed by atoms with E-state index in [-0.39, 0.29) is 11.9 Å². The van der Waals surface area contributed by atoms with Gasteiger partial charge in [0.15, 0.2) is 0 Å². The summed E-state index contributed by atoms with van der Waals surface area (Å²) in [6, 6.07) is 17.5. The zero-order chi connectivity index (χ0) is 15.2. The first kappa shape index (κ1) is 15.0. The van der Waals surface area contributed by atoms with Crippen LogP contribution in [0.4, 0.5) is 0 Å². The number of amides is 1. The first-order valence-electron chi connectivity index (χ1n) is 7.22. The SMILES string of the molecule is C=CC(c1ccc(C)cc1)N(CC)C(=O)c1ccccc1. The summed E-state index contributed by atoms with van der Waals surface area (Å²) >= 11 is 0. The van der Waals surface area contributed by atoms with Gasteiger partial charge in [-0.15, -0.1) is 6.58 Å². The quantitative estimate of drug-likeness (QED) is 0.744. The Morgan fingerprint density at radius 1 is 1.14 bits per heavy atom. The minimum atomic E-state index is -0.108. The molecule has 0 saturated carbocycles. The molecule has 0 aliphatic heterocycles. The molecule has 1 amide bonds. The molecule has 2 heteroatoms. The average Bonchev–Trinajstić information content (AvgIpc) is 2.54. The molecule has 0 aliphatic rings. The van der Waals surface area contributed by atoms with Crippen LogP contribution in [-0.4, -0.2) is 17.4 Å². The molecule has 2 rings (SSSR count). The molecule has 0 aromatic heterocycles. The maximum Gasteiger partial charge on any atom is 0.254 e. The minimum absolute atomic E-state index is 0.0311. The van der Waals surface area contributed by atoms with E-state index in [9.17, 15) is 4.79 Å². The van der Waals surface area contributed by atoms with Gasteiger partial charge in [-0.3, -0.25) is 4.79 Å². The minimum Gasteiger partial charge on any atom is -0.328 e. The molecular formula is C19H21NO. The Balaban J connectivity index is 2.32. The second kappa shape index (κ2) is 6.89. The van der Waals surface area contributed by atoms with Gasteiger partial charge in [-0.05, 0) is 31.5 Å². The van der Waals surface area contributed by atoms with Crippen LogP contribution in [0, 0.1) is 6.92 Å². The van der Waals surface area contributed by atoms with Gasteiger partial charge in [0.1, 0.15) is 0 Å². The number of carbonyl (C=O) groups excluding carboxylic acids is 1. The van der Waals surface area contributed by atoms with Crippen molar-refractivity contribution >= 4 is 5.91 Å². The van der Waals surface area contributed by atoms with E-state index in [4.69, 9.17) is 0 Å². The number of aryl methyl sites for hydroxylation is 1. The van der Waals surface area contributed by atoms with Crippen LogP contribution in [0.2, 0.25) is 0 Å². The molecule has 1 atom stereocenters. The molecule has 0 bridgehead atoms. The molecule has 2 aromatic carbocycles. The standard InChI is InChI=1S/C19H21NO/c1-4-18(16-13-11-15(3)12-14-16)20(5-2)19(21)17-9-7-6-8-10-17/h4,6-14,18H,1,5H2,2-3H3. The summed E-state index contributed by atoms with van der Waals surface area (Å²) in [4.78, 5) is 14.5. The van der Waals surface area contributed by atoms with Gasteiger partial charge in [0.25, 0.3) is 5.91 Å². The van der Waals surface area contributed by atoms with Gasteiger partial charge < -0.3 is 4.90 Å². The Hall–Kier alpha value is -2.35. The van der Waals surface area contributed by atoms with Crippen LogP contribution in [-0.2, 0) is 0 Å². The van der Waals surface area contributed by atoms with Gasteiger partial charge in [0.2, 0.25) is 0 Å². The summed E-state index contributed by atoms with van der Waals surface area (Å²) in [6.07, 6.45) is 1.83. The van der Waals surface area contributed by atoms with Gasteiger partial charge >= 0.3 is 0 Å². The van der Waals surface area contributed by atoms with Crippen molar-refractivity contribution in [1.29, 1.82) is 0 Å². The molecular weight excluding hydrogens is 258 g/mol. The van der Waals surface area contributed by atoms with Crippen LogP contribution in [0.25, 0.3) is 0 Å². The van der Waals surface area contributed by atoms with E-state index in [0.717, 1.165) is 5.56 Å². The molecule has 1 unspecified atom stereocenters. The highest BCUT2D eigenvalue weighted by molar-refractivity contribution is 5.94. The van der Waals surface area contributed by atoms with Gasteiger partial charge in [-0.1, -0.05) is 54.1 Å². The fourth-order valence-electron chi connectivity index (χ4n) is 2.42. The number of hydrogen-bond acceptors (Lipinski definition) is 1. The molecule has 21 heavy (non-hydrogen) atoms. The van der Waals surface area contributed by atoms with E-state index in [0.29, 0.717) is 12.1 Å². The molecule has 0 aliphatic carbocycles. The van der Waals surface area contributed by atoms with E-state index in [1.165, 1.54) is 5.56 Å². The highest BCUT2D eigenvalue weighted by Crippen LogP contribution is 2.24. The number of rotatable bonds is 5. The highest BCUT2D eigenvalue weighted by Gasteiger charge is 2.22. The van der Waals surface area contributed by atoms with Crippen LogP contribution in [0.3, 0.4) is 0 Å². The molecule has 0 radical (unpaired) electrons. The Morgan fingerprint density at radius 3 is 2.29 bits per heavy atom. The zero-order valence-corrected chi connectivity index (χ0v) is 12.6. The van der Waals surface area contributed by atoms with Crippen LogP contribution < -0.4 is 0 Å². The summed E-state index contributed by atoms with van der Waals surface area (Å²) in [5.41, 5.74) is 3.00. The van der Waals surface area contributed by atoms with Crippen LogP contribution >= 0.6 is 0 Å². The summed E-state index contributed by atoms with van der Waals surface area (Å²) in [5.74, 6) is 0.0311. The highest BCUT2D eigenvalue weighted by atomic mass is 16.2. The molecule has 0 fully saturated rings. The summed E-state index contributed by atoms with van der Waals surface area (Å²) < 4.78 is 0. The summed E-state index contributed by atoms with van der Waals surface area (Å²) in [7, 11) is 0. The number of benzene rings is 2. The Labute approximate surface area is 126 Å². The van der Waals surface area contributed by atoms with Gasteiger partial charge in [-0.2, -0.15) is 0 Å². The first-order chi connectivity index (χ1) is 10.2. The predicted octanol–water partition coefficient (Wildman–Crippen LogP) is 4.38. The van der Waals surface area contributed by atoms with Crippen molar-refractivity contribution in [1.82, 2.24) is 4.90 Å². The van der Waals surface area contributed by atoms with Crippen molar-refractivity contribution in [3.05, 3.63) is 83.9 Å². The van der Waals surface area contributed by atoms with Crippen molar-refractivity contribution in [3.8, 4) is 0 Å². The van der Waals surface area contributed by atoms with E-state index in [1.807, 2.05) is 48.2 Å². The van der Waals surface area contributed by atoms with Crippen molar-refractivity contribution in [3.63, 3.8) is 0 Å². The predicted molar refractivity (Wildman–Crippen MR) is 87.3 cm³/mol. The monoisotopic (exact) mass is 279 g/mol. The molecule has 2 aromatic rings. The van der Waals surface area contributed by atoms with Crippen molar-refractivity contribution in [2.75, 3.05) is 6.54 Å². The topological polar surface area (TPSA) is 20.3 Å². The van der Waals surface area contributed by atoms with Crippen LogP contribution in [0.1, 0.15) is 34.5 Å². The maximum atomic E-state index is 12.7. The third-order valence-electron chi connectivity index (χ3n) is 3.60. The second-order valence-electron chi connectivity index (χ2n) is 5.05. The van der Waals surface area contributed by atoms with Crippen molar-refractivity contribution in [2.24, 2.45) is 0 Å². The Kier molecular flexibility index (Phi) is 4.94. The zero-order valence-electron chi connectivity index (χ0n) is 12.6. The van der Waals surface area contributed by atoms with E-state index in [2.05, 4.69) is 37.8 Å². The lowest BCUT2D eigenvalue weighted by Crippen LogP contribution is -2.33. The molecule has 0 spiro atoms. The lowest BCUT2D eigenvalue weighted by Gasteiger charge is -2.29. The number of carbonyl (C=O) groups is 1. The van der Waals surface area contributed by atoms with Gasteiger partial charge in [-0.25, -0.2) is 0 Å². The van der Waals surface area contributed by atoms with E-state index >= 15 is 0 Å². The molecule has 108 valence electrons. The lowest BCUT2D eigenvalue weighted by atomic mass is 10.0. The molecule has 2 nitrogen and oxygen atoms in total. The third-order valence-corrected chi connectivity index (χ3v) is 3.60. The smallest absolute Gasteiger partial charge is 0.254 e. The van der Waals surface area contributed by atoms with Crippen LogP contribution in [0.5, 0.6) is 0 Å². The largest absolute Gasteiger partial charge is 0.328 e. The summed E-state index contributed by atoms with van der Waals surface area (Å²) in [6.45, 7) is 8.59. The number of nitrogens with zero attached hydrogens (tertiary/aromatic N) is 1. The van der Waals surface area contributed by atoms with Gasteiger partial charge in [0.05, 0.1) is 6.04 Å². The van der Waals surface area contributed by atoms with Crippen molar-refractivity contribution in [2.45, 2.75) is 19.9 Å². The van der Waals surface area contributed by atoms with Gasteiger partial charge in [0, 0.05) is 12.1 Å². The van der Waals surface area contributed by atoms with E-state index in [1.54, 1.807) is 0 Å². The van der Waals surface area contributed by atoms with Crippen LogP contribution in [0.15, 0.2) is 67.3 Å². The van der Waals surface area contributed by atoms with Crippen molar-refractivity contribution < 1.29 is 4.79 Å².